The highest BCUT2D eigenvalue weighted by atomic mass is 16.5. The minimum absolute atomic E-state index is 0.153. The zero-order valence-electron chi connectivity index (χ0n) is 11.1. The van der Waals surface area contributed by atoms with Crippen molar-refractivity contribution in [1.82, 2.24) is 0 Å². The van der Waals surface area contributed by atoms with Gasteiger partial charge in [0.15, 0.2) is 0 Å². The molecular formula is C15H19NO3. The molecule has 0 fully saturated rings. The van der Waals surface area contributed by atoms with Crippen molar-refractivity contribution in [2.75, 3.05) is 7.11 Å². The van der Waals surface area contributed by atoms with Gasteiger partial charge in [-0.25, -0.2) is 0 Å². The van der Waals surface area contributed by atoms with Gasteiger partial charge in [-0.15, -0.1) is 0 Å². The summed E-state index contributed by atoms with van der Waals surface area (Å²) in [7, 11) is 1.61. The molecule has 0 radical (unpaired) electrons. The molecule has 4 heteroatoms. The molecular weight excluding hydrogens is 242 g/mol. The number of hydrogen-bond acceptors (Lipinski definition) is 4. The maximum atomic E-state index is 10.4. The summed E-state index contributed by atoms with van der Waals surface area (Å²) in [5.41, 5.74) is 6.91. The van der Waals surface area contributed by atoms with Gasteiger partial charge < -0.3 is 20.0 Å². The lowest BCUT2D eigenvalue weighted by atomic mass is 9.90. The van der Waals surface area contributed by atoms with Crippen LogP contribution in [-0.2, 0) is 0 Å². The number of benzene rings is 1. The van der Waals surface area contributed by atoms with E-state index in [9.17, 15) is 5.11 Å². The van der Waals surface area contributed by atoms with E-state index in [1.165, 1.54) is 0 Å². The molecule has 0 bridgehead atoms. The molecule has 2 rings (SSSR count). The molecule has 0 amide bonds. The van der Waals surface area contributed by atoms with Crippen molar-refractivity contribution in [3.05, 3.63) is 54.0 Å². The highest BCUT2D eigenvalue weighted by Crippen LogP contribution is 2.31. The minimum Gasteiger partial charge on any atom is -0.497 e. The lowest BCUT2D eigenvalue weighted by Gasteiger charge is -2.24. The monoisotopic (exact) mass is 261 g/mol. The maximum Gasteiger partial charge on any atom is 0.120 e. The van der Waals surface area contributed by atoms with Crippen LogP contribution in [0.1, 0.15) is 30.4 Å². The van der Waals surface area contributed by atoms with E-state index < -0.39 is 6.10 Å². The van der Waals surface area contributed by atoms with Crippen LogP contribution < -0.4 is 10.5 Å². The third-order valence-electron chi connectivity index (χ3n) is 3.39. The molecule has 0 aliphatic rings. The summed E-state index contributed by atoms with van der Waals surface area (Å²) in [6.45, 7) is 1.90. The Balaban J connectivity index is 2.11. The maximum absolute atomic E-state index is 10.4. The van der Waals surface area contributed by atoms with Crippen molar-refractivity contribution in [3.8, 4) is 5.75 Å². The van der Waals surface area contributed by atoms with Crippen molar-refractivity contribution in [2.45, 2.75) is 19.1 Å². The first-order chi connectivity index (χ1) is 9.13. The van der Waals surface area contributed by atoms with Crippen LogP contribution in [0.4, 0.5) is 0 Å². The molecule has 2 aromatic rings. The van der Waals surface area contributed by atoms with Crippen LogP contribution in [-0.4, -0.2) is 12.2 Å². The quantitative estimate of drug-likeness (QED) is 0.868. The van der Waals surface area contributed by atoms with Gasteiger partial charge in [-0.1, -0.05) is 19.1 Å². The fraction of sp³-hybridized carbons (Fsp3) is 0.333. The molecule has 3 atom stereocenters. The van der Waals surface area contributed by atoms with E-state index in [1.807, 2.05) is 37.3 Å². The van der Waals surface area contributed by atoms with E-state index in [0.717, 1.165) is 11.3 Å². The zero-order chi connectivity index (χ0) is 13.8. The first-order valence-electron chi connectivity index (χ1n) is 6.24. The Labute approximate surface area is 112 Å². The minimum atomic E-state index is -0.647. The van der Waals surface area contributed by atoms with Crippen LogP contribution >= 0.6 is 0 Å². The molecule has 19 heavy (non-hydrogen) atoms. The molecule has 0 aliphatic heterocycles. The van der Waals surface area contributed by atoms with Gasteiger partial charge in [-0.05, 0) is 29.8 Å². The average Bonchev–Trinajstić information content (AvgIpc) is 2.99. The van der Waals surface area contributed by atoms with E-state index >= 15 is 0 Å². The van der Waals surface area contributed by atoms with Gasteiger partial charge in [-0.3, -0.25) is 0 Å². The molecule has 0 spiro atoms. The number of methoxy groups -OCH3 is 1. The summed E-state index contributed by atoms with van der Waals surface area (Å²) in [6.07, 6.45) is 0.938. The number of ether oxygens (including phenoxy) is 1. The second kappa shape index (κ2) is 5.91. The standard InChI is InChI=1S/C15H19NO3/c1-10(14(16)13-4-3-9-19-13)15(17)11-5-7-12(18-2)8-6-11/h3-10,14-15,17H,16H2,1-2H3/t10-,14-,15+/m0/s1. The van der Waals surface area contributed by atoms with Gasteiger partial charge in [0, 0.05) is 5.92 Å². The van der Waals surface area contributed by atoms with Gasteiger partial charge in [-0.2, -0.15) is 0 Å². The summed E-state index contributed by atoms with van der Waals surface area (Å²) in [4.78, 5) is 0. The van der Waals surface area contributed by atoms with E-state index in [0.29, 0.717) is 5.76 Å². The van der Waals surface area contributed by atoms with Gasteiger partial charge in [0.25, 0.3) is 0 Å². The van der Waals surface area contributed by atoms with Crippen LogP contribution in [0.5, 0.6) is 5.75 Å². The molecule has 3 N–H and O–H groups in total. The Morgan fingerprint density at radius 2 is 1.89 bits per heavy atom. The lowest BCUT2D eigenvalue weighted by molar-refractivity contribution is 0.0977. The van der Waals surface area contributed by atoms with Crippen molar-refractivity contribution in [2.24, 2.45) is 11.7 Å². The fourth-order valence-corrected chi connectivity index (χ4v) is 2.04. The average molecular weight is 261 g/mol. The fourth-order valence-electron chi connectivity index (χ4n) is 2.04. The topological polar surface area (TPSA) is 68.6 Å². The normalized spacial score (nSPS) is 15.8. The highest BCUT2D eigenvalue weighted by Gasteiger charge is 2.25. The summed E-state index contributed by atoms with van der Waals surface area (Å²) in [5, 5.41) is 10.4. The molecule has 1 aromatic heterocycles. The lowest BCUT2D eigenvalue weighted by Crippen LogP contribution is -2.24. The van der Waals surface area contributed by atoms with Crippen LogP contribution in [0.15, 0.2) is 47.1 Å². The molecule has 4 nitrogen and oxygen atoms in total. The van der Waals surface area contributed by atoms with E-state index in [1.54, 1.807) is 19.4 Å². The smallest absolute Gasteiger partial charge is 0.120 e. The van der Waals surface area contributed by atoms with Crippen LogP contribution in [0.25, 0.3) is 0 Å². The first-order valence-corrected chi connectivity index (χ1v) is 6.24. The van der Waals surface area contributed by atoms with Gasteiger partial charge in [0.1, 0.15) is 11.5 Å². The Hall–Kier alpha value is -1.78. The predicted molar refractivity (Wildman–Crippen MR) is 72.8 cm³/mol. The summed E-state index contributed by atoms with van der Waals surface area (Å²) < 4.78 is 10.4. The SMILES string of the molecule is COc1ccc([C@H](O)[C@@H](C)[C@H](N)c2ccco2)cc1. The second-order valence-corrected chi connectivity index (χ2v) is 4.62. The summed E-state index contributed by atoms with van der Waals surface area (Å²) in [5.74, 6) is 1.29. The molecule has 0 saturated heterocycles. The van der Waals surface area contributed by atoms with Crippen LogP contribution in [0, 0.1) is 5.92 Å². The van der Waals surface area contributed by atoms with Crippen molar-refractivity contribution in [1.29, 1.82) is 0 Å². The van der Waals surface area contributed by atoms with E-state index in [4.69, 9.17) is 14.9 Å². The number of nitrogens with two attached hydrogens (primary N) is 1. The zero-order valence-corrected chi connectivity index (χ0v) is 11.1. The second-order valence-electron chi connectivity index (χ2n) is 4.62. The third kappa shape index (κ3) is 2.97. The predicted octanol–water partition coefficient (Wildman–Crippen LogP) is 2.66. The van der Waals surface area contributed by atoms with Crippen LogP contribution in [0.3, 0.4) is 0 Å². The van der Waals surface area contributed by atoms with Crippen molar-refractivity contribution < 1.29 is 14.3 Å². The Morgan fingerprint density at radius 3 is 2.42 bits per heavy atom. The number of hydrogen-bond donors (Lipinski definition) is 2. The number of furan rings is 1. The van der Waals surface area contributed by atoms with Gasteiger partial charge >= 0.3 is 0 Å². The van der Waals surface area contributed by atoms with Gasteiger partial charge in [0.2, 0.25) is 0 Å². The molecule has 102 valence electrons. The first kappa shape index (κ1) is 13.6. The number of aliphatic hydroxyl groups excluding tert-OH is 1. The summed E-state index contributed by atoms with van der Waals surface area (Å²) >= 11 is 0. The van der Waals surface area contributed by atoms with Crippen LogP contribution in [0.2, 0.25) is 0 Å². The largest absolute Gasteiger partial charge is 0.497 e. The van der Waals surface area contributed by atoms with Crippen molar-refractivity contribution >= 4 is 0 Å². The third-order valence-corrected chi connectivity index (χ3v) is 3.39. The molecule has 0 unspecified atom stereocenters. The molecule has 1 heterocycles. The van der Waals surface area contributed by atoms with E-state index in [-0.39, 0.29) is 12.0 Å². The Morgan fingerprint density at radius 1 is 1.21 bits per heavy atom. The van der Waals surface area contributed by atoms with E-state index in [2.05, 4.69) is 0 Å². The molecule has 0 saturated carbocycles. The Bertz CT molecular complexity index is 493. The number of rotatable bonds is 5. The molecule has 1 aromatic carbocycles. The van der Waals surface area contributed by atoms with Gasteiger partial charge in [0.05, 0.1) is 25.5 Å². The highest BCUT2D eigenvalue weighted by molar-refractivity contribution is 5.29. The molecule has 0 aliphatic carbocycles. The van der Waals surface area contributed by atoms with Crippen molar-refractivity contribution in [3.63, 3.8) is 0 Å². The number of aliphatic hydroxyl groups is 1. The summed E-state index contributed by atoms with van der Waals surface area (Å²) in [6, 6.07) is 10.6. The Kier molecular flexibility index (Phi) is 4.24.